The van der Waals surface area contributed by atoms with Crippen LogP contribution in [0.25, 0.3) is 10.9 Å². The molecule has 0 aliphatic rings. The van der Waals surface area contributed by atoms with Crippen LogP contribution in [0.15, 0.2) is 29.5 Å². The fraction of sp³-hybridized carbons (Fsp3) is 0.278. The molecule has 0 atom stereocenters. The Bertz CT molecular complexity index is 1170. The number of aromatic nitrogens is 3. The number of amides is 1. The highest BCUT2D eigenvalue weighted by molar-refractivity contribution is 6.29. The predicted molar refractivity (Wildman–Crippen MR) is 104 cm³/mol. The third-order valence-electron chi connectivity index (χ3n) is 4.22. The highest BCUT2D eigenvalue weighted by Crippen LogP contribution is 2.30. The maximum absolute atomic E-state index is 12.9. The quantitative estimate of drug-likeness (QED) is 0.686. The van der Waals surface area contributed by atoms with Crippen molar-refractivity contribution in [2.75, 3.05) is 12.3 Å². The number of halogens is 1. The highest BCUT2D eigenvalue weighted by atomic mass is 35.5. The number of fused-ring (bicyclic) bond motifs is 1. The summed E-state index contributed by atoms with van der Waals surface area (Å²) in [5.41, 5.74) is 2.21. The molecule has 136 valence electrons. The second-order valence-electron chi connectivity index (χ2n) is 5.91. The zero-order valence-electron chi connectivity index (χ0n) is 17.6. The summed E-state index contributed by atoms with van der Waals surface area (Å²) in [5.74, 6) is -0.834. The molecule has 3 aromatic heterocycles. The molecular formula is C18H20ClN5O2. The zero-order valence-corrected chi connectivity index (χ0v) is 15.3. The molecule has 7 nitrogen and oxygen atoms in total. The molecule has 0 spiro atoms. The van der Waals surface area contributed by atoms with Gasteiger partial charge in [-0.15, -0.1) is 0 Å². The summed E-state index contributed by atoms with van der Waals surface area (Å²) in [7, 11) is 1.82. The van der Waals surface area contributed by atoms with Crippen LogP contribution >= 0.6 is 11.6 Å². The normalized spacial score (nSPS) is 13.2. The maximum Gasteiger partial charge on any atom is 0.262 e. The van der Waals surface area contributed by atoms with Gasteiger partial charge in [-0.1, -0.05) is 11.6 Å². The van der Waals surface area contributed by atoms with Gasteiger partial charge in [0.25, 0.3) is 11.5 Å². The van der Waals surface area contributed by atoms with Gasteiger partial charge in [-0.25, -0.2) is 4.98 Å². The number of hydrogen-bond donors (Lipinski definition) is 2. The van der Waals surface area contributed by atoms with Crippen LogP contribution in [0.5, 0.6) is 0 Å². The minimum absolute atomic E-state index is 0.00834. The Morgan fingerprint density at radius 3 is 2.85 bits per heavy atom. The lowest BCUT2D eigenvalue weighted by Gasteiger charge is -2.11. The van der Waals surface area contributed by atoms with Crippen LogP contribution in [0.4, 0.5) is 11.4 Å². The molecular weight excluding hydrogens is 354 g/mol. The monoisotopic (exact) mass is 376 g/mol. The van der Waals surface area contributed by atoms with E-state index in [1.807, 2.05) is 30.8 Å². The number of carbonyl (C=O) groups excluding carboxylic acids is 1. The van der Waals surface area contributed by atoms with Crippen LogP contribution in [0.3, 0.4) is 0 Å². The van der Waals surface area contributed by atoms with Crippen molar-refractivity contribution in [2.45, 2.75) is 20.4 Å². The van der Waals surface area contributed by atoms with Crippen LogP contribution in [-0.2, 0) is 13.6 Å². The number of hydrogen-bond acceptors (Lipinski definition) is 4. The third kappa shape index (κ3) is 2.94. The van der Waals surface area contributed by atoms with Gasteiger partial charge in [-0.05, 0) is 25.5 Å². The molecule has 26 heavy (non-hydrogen) atoms. The van der Waals surface area contributed by atoms with Gasteiger partial charge in [-0.3, -0.25) is 9.59 Å². The SMILES string of the molecule is [2H]C([2H])([2H])NC(=O)c1cnc(Cl)cc1Nc1cn(C)c2c(C)cn(CC)c(=O)c12. The Morgan fingerprint density at radius 1 is 1.38 bits per heavy atom. The van der Waals surface area contributed by atoms with Crippen molar-refractivity contribution in [3.8, 4) is 0 Å². The van der Waals surface area contributed by atoms with Crippen LogP contribution in [0, 0.1) is 6.92 Å². The molecule has 0 fully saturated rings. The first-order valence-electron chi connectivity index (χ1n) is 9.46. The number of rotatable bonds is 4. The lowest BCUT2D eigenvalue weighted by molar-refractivity contribution is 0.0963. The van der Waals surface area contributed by atoms with Crippen molar-refractivity contribution in [2.24, 2.45) is 7.05 Å². The van der Waals surface area contributed by atoms with Gasteiger partial charge >= 0.3 is 0 Å². The maximum atomic E-state index is 12.9. The summed E-state index contributed by atoms with van der Waals surface area (Å²) < 4.78 is 25.1. The van der Waals surface area contributed by atoms with Gasteiger partial charge in [0.2, 0.25) is 0 Å². The summed E-state index contributed by atoms with van der Waals surface area (Å²) in [6.07, 6.45) is 4.72. The van der Waals surface area contributed by atoms with Crippen LogP contribution in [0.1, 0.15) is 27.0 Å². The molecule has 0 aliphatic carbocycles. The molecule has 2 N–H and O–H groups in total. The highest BCUT2D eigenvalue weighted by Gasteiger charge is 2.18. The number of nitrogens with zero attached hydrogens (tertiary/aromatic N) is 3. The van der Waals surface area contributed by atoms with E-state index < -0.39 is 12.9 Å². The molecule has 3 aromatic rings. The molecule has 1 amide bonds. The van der Waals surface area contributed by atoms with E-state index in [1.54, 1.807) is 17.0 Å². The summed E-state index contributed by atoms with van der Waals surface area (Å²) >= 11 is 5.98. The van der Waals surface area contributed by atoms with Crippen molar-refractivity contribution in [3.05, 3.63) is 51.3 Å². The van der Waals surface area contributed by atoms with Crippen LogP contribution < -0.4 is 16.2 Å². The molecule has 0 aromatic carbocycles. The zero-order chi connectivity index (χ0) is 21.5. The fourth-order valence-electron chi connectivity index (χ4n) is 3.07. The molecule has 8 heteroatoms. The van der Waals surface area contributed by atoms with Crippen molar-refractivity contribution in [1.82, 2.24) is 19.4 Å². The van der Waals surface area contributed by atoms with E-state index in [0.717, 1.165) is 11.1 Å². The number of pyridine rings is 2. The molecule has 3 heterocycles. The van der Waals surface area contributed by atoms with Gasteiger partial charge in [0.1, 0.15) is 5.15 Å². The first kappa shape index (κ1) is 14.4. The molecule has 0 aliphatic heterocycles. The Balaban J connectivity index is 2.15. The number of nitrogens with one attached hydrogen (secondary N) is 2. The molecule has 0 unspecified atom stereocenters. The van der Waals surface area contributed by atoms with E-state index >= 15 is 0 Å². The van der Waals surface area contributed by atoms with Gasteiger partial charge in [0.15, 0.2) is 0 Å². The molecule has 0 saturated heterocycles. The minimum Gasteiger partial charge on any atom is -0.355 e. The summed E-state index contributed by atoms with van der Waals surface area (Å²) in [4.78, 5) is 29.2. The Labute approximate surface area is 159 Å². The third-order valence-corrected chi connectivity index (χ3v) is 4.42. The molecule has 0 bridgehead atoms. The van der Waals surface area contributed by atoms with Crippen molar-refractivity contribution < 1.29 is 8.91 Å². The van der Waals surface area contributed by atoms with E-state index in [0.29, 0.717) is 17.6 Å². The van der Waals surface area contributed by atoms with Gasteiger partial charge in [0.05, 0.1) is 27.8 Å². The van der Waals surface area contributed by atoms with Gasteiger partial charge in [-0.2, -0.15) is 0 Å². The minimum atomic E-state index is -2.65. The second-order valence-corrected chi connectivity index (χ2v) is 6.30. The largest absolute Gasteiger partial charge is 0.355 e. The number of carbonyl (C=O) groups is 1. The summed E-state index contributed by atoms with van der Waals surface area (Å²) in [6, 6.07) is 1.41. The van der Waals surface area contributed by atoms with Gasteiger partial charge in [0, 0.05) is 43.3 Å². The second kappa shape index (κ2) is 6.84. The molecule has 3 rings (SSSR count). The number of aryl methyl sites for hydroxylation is 3. The van der Waals surface area contributed by atoms with E-state index in [1.165, 1.54) is 12.3 Å². The first-order valence-corrected chi connectivity index (χ1v) is 8.33. The molecule has 0 saturated carbocycles. The van der Waals surface area contributed by atoms with Crippen molar-refractivity contribution in [1.29, 1.82) is 0 Å². The van der Waals surface area contributed by atoms with E-state index in [4.69, 9.17) is 15.7 Å². The predicted octanol–water partition coefficient (Wildman–Crippen LogP) is 2.82. The topological polar surface area (TPSA) is 81.0 Å². The lowest BCUT2D eigenvalue weighted by Crippen LogP contribution is -2.21. The van der Waals surface area contributed by atoms with Crippen molar-refractivity contribution in [3.63, 3.8) is 0 Å². The smallest absolute Gasteiger partial charge is 0.262 e. The van der Waals surface area contributed by atoms with Crippen molar-refractivity contribution >= 4 is 39.8 Å². The lowest BCUT2D eigenvalue weighted by atomic mass is 10.2. The average molecular weight is 377 g/mol. The fourth-order valence-corrected chi connectivity index (χ4v) is 3.23. The van der Waals surface area contributed by atoms with Gasteiger partial charge < -0.3 is 19.8 Å². The number of anilines is 2. The summed E-state index contributed by atoms with van der Waals surface area (Å²) in [5, 5.41) is 5.56. The van der Waals surface area contributed by atoms with Crippen LogP contribution in [0.2, 0.25) is 5.15 Å². The standard InChI is InChI=1S/C18H20ClN5O2/c1-5-24-8-10(2)16-15(18(24)26)13(9-23(16)4)22-12-6-14(19)21-7-11(12)17(25)20-3/h6-9H,5H2,1-4H3,(H,20,25)(H,21,22)/i3D3. The van der Waals surface area contributed by atoms with Crippen LogP contribution in [-0.4, -0.2) is 27.0 Å². The Kier molecular flexibility index (Phi) is 3.78. The van der Waals surface area contributed by atoms with E-state index in [-0.39, 0.29) is 22.0 Å². The molecule has 0 radical (unpaired) electrons. The van der Waals surface area contributed by atoms with E-state index in [9.17, 15) is 9.59 Å². The average Bonchev–Trinajstić information content (AvgIpc) is 2.93. The Morgan fingerprint density at radius 2 is 2.15 bits per heavy atom. The summed E-state index contributed by atoms with van der Waals surface area (Å²) in [6.45, 7) is 1.65. The first-order chi connectivity index (χ1) is 13.5. The van der Waals surface area contributed by atoms with E-state index in [2.05, 4.69) is 10.3 Å². The Hall–Kier alpha value is -2.80.